The third-order valence-corrected chi connectivity index (χ3v) is 5.16. The fraction of sp³-hybridized carbons (Fsp3) is 0. The first kappa shape index (κ1) is 15.8. The largest absolute Gasteiger partial charge is 0.262 e. The SMILES string of the molecule is Clc1cncc(Cl)c1-c1c(Cl)c(Cl)c(Cl)c(Cl)c1Cl. The molecule has 0 aliphatic heterocycles. The molecule has 0 aliphatic carbocycles. The maximum absolute atomic E-state index is 6.16. The van der Waals surface area contributed by atoms with Crippen LogP contribution in [-0.2, 0) is 0 Å². The number of benzene rings is 1. The Morgan fingerprint density at radius 3 is 1.32 bits per heavy atom. The van der Waals surface area contributed by atoms with Crippen molar-refractivity contribution in [2.75, 3.05) is 0 Å². The van der Waals surface area contributed by atoms with Crippen molar-refractivity contribution in [3.05, 3.63) is 47.6 Å². The van der Waals surface area contributed by atoms with E-state index >= 15 is 0 Å². The molecule has 0 atom stereocenters. The van der Waals surface area contributed by atoms with Crippen LogP contribution < -0.4 is 0 Å². The summed E-state index contributed by atoms with van der Waals surface area (Å²) in [6, 6.07) is 0. The van der Waals surface area contributed by atoms with Crippen molar-refractivity contribution in [3.8, 4) is 11.1 Å². The summed E-state index contributed by atoms with van der Waals surface area (Å²) in [7, 11) is 0. The summed E-state index contributed by atoms with van der Waals surface area (Å²) in [4.78, 5) is 3.85. The van der Waals surface area contributed by atoms with Gasteiger partial charge < -0.3 is 0 Å². The van der Waals surface area contributed by atoms with Crippen molar-refractivity contribution in [3.63, 3.8) is 0 Å². The van der Waals surface area contributed by atoms with Crippen molar-refractivity contribution in [1.82, 2.24) is 4.98 Å². The summed E-state index contributed by atoms with van der Waals surface area (Å²) < 4.78 is 0. The number of hydrogen-bond donors (Lipinski definition) is 0. The van der Waals surface area contributed by atoms with Crippen molar-refractivity contribution in [2.45, 2.75) is 0 Å². The molecule has 0 unspecified atom stereocenters. The molecular formula is C11H2Cl7N. The molecule has 0 saturated heterocycles. The Kier molecular flexibility index (Phi) is 5.01. The van der Waals surface area contributed by atoms with E-state index in [-0.39, 0.29) is 35.2 Å². The van der Waals surface area contributed by atoms with Crippen LogP contribution in [0.2, 0.25) is 35.2 Å². The molecule has 2 rings (SSSR count). The number of hydrogen-bond acceptors (Lipinski definition) is 1. The highest BCUT2D eigenvalue weighted by atomic mass is 35.5. The van der Waals surface area contributed by atoms with E-state index in [9.17, 15) is 0 Å². The predicted octanol–water partition coefficient (Wildman–Crippen LogP) is 7.32. The second-order valence-electron chi connectivity index (χ2n) is 3.42. The van der Waals surface area contributed by atoms with E-state index in [0.717, 1.165) is 0 Å². The van der Waals surface area contributed by atoms with Gasteiger partial charge in [0.25, 0.3) is 0 Å². The van der Waals surface area contributed by atoms with Crippen LogP contribution in [0.3, 0.4) is 0 Å². The zero-order valence-electron chi connectivity index (χ0n) is 8.75. The number of pyridine rings is 1. The van der Waals surface area contributed by atoms with Gasteiger partial charge in [-0.2, -0.15) is 0 Å². The fourth-order valence-electron chi connectivity index (χ4n) is 1.47. The standard InChI is InChI=1S/C11H2Cl7N/c12-3-1-19-2-4(13)5(3)6-7(14)9(16)11(18)10(17)8(6)15/h1-2H. The zero-order chi connectivity index (χ0) is 14.3. The Balaban J connectivity index is 2.92. The van der Waals surface area contributed by atoms with Gasteiger partial charge >= 0.3 is 0 Å². The molecule has 2 aromatic rings. The Hall–Kier alpha value is 0.400. The number of halogens is 7. The highest BCUT2D eigenvalue weighted by Gasteiger charge is 2.23. The molecule has 19 heavy (non-hydrogen) atoms. The number of aromatic nitrogens is 1. The summed E-state index contributed by atoms with van der Waals surface area (Å²) in [5.74, 6) is 0. The van der Waals surface area contributed by atoms with Crippen LogP contribution in [0.5, 0.6) is 0 Å². The van der Waals surface area contributed by atoms with E-state index in [1.807, 2.05) is 0 Å². The van der Waals surface area contributed by atoms with Crippen molar-refractivity contribution >= 4 is 81.2 Å². The average molecular weight is 396 g/mol. The lowest BCUT2D eigenvalue weighted by Gasteiger charge is -2.14. The van der Waals surface area contributed by atoms with Crippen LogP contribution in [0.1, 0.15) is 0 Å². The van der Waals surface area contributed by atoms with Crippen LogP contribution in [0.15, 0.2) is 12.4 Å². The molecule has 1 heterocycles. The first-order valence-corrected chi connectivity index (χ1v) is 7.31. The van der Waals surface area contributed by atoms with Gasteiger partial charge in [-0.05, 0) is 0 Å². The lowest BCUT2D eigenvalue weighted by molar-refractivity contribution is 1.33. The van der Waals surface area contributed by atoms with Crippen LogP contribution in [-0.4, -0.2) is 4.98 Å². The first-order chi connectivity index (χ1) is 8.86. The Morgan fingerprint density at radius 2 is 0.895 bits per heavy atom. The molecule has 0 radical (unpaired) electrons. The van der Waals surface area contributed by atoms with E-state index in [1.54, 1.807) is 0 Å². The van der Waals surface area contributed by atoms with Gasteiger partial charge in [0.2, 0.25) is 0 Å². The second kappa shape index (κ2) is 6.03. The normalized spacial score (nSPS) is 10.9. The smallest absolute Gasteiger partial charge is 0.0809 e. The van der Waals surface area contributed by atoms with E-state index in [0.29, 0.717) is 11.1 Å². The molecule has 0 amide bonds. The average Bonchev–Trinajstić information content (AvgIpc) is 2.37. The highest BCUT2D eigenvalue weighted by Crippen LogP contribution is 2.50. The second-order valence-corrected chi connectivity index (χ2v) is 6.13. The number of nitrogens with zero attached hydrogens (tertiary/aromatic N) is 1. The van der Waals surface area contributed by atoms with E-state index in [4.69, 9.17) is 81.2 Å². The molecule has 0 spiro atoms. The first-order valence-electron chi connectivity index (χ1n) is 4.67. The van der Waals surface area contributed by atoms with Crippen LogP contribution >= 0.6 is 81.2 Å². The van der Waals surface area contributed by atoms with E-state index in [2.05, 4.69) is 4.98 Å². The lowest BCUT2D eigenvalue weighted by Crippen LogP contribution is -1.90. The molecule has 8 heteroatoms. The van der Waals surface area contributed by atoms with E-state index < -0.39 is 0 Å². The van der Waals surface area contributed by atoms with Gasteiger partial charge in [0, 0.05) is 23.5 Å². The van der Waals surface area contributed by atoms with Gasteiger partial charge in [0.1, 0.15) is 0 Å². The van der Waals surface area contributed by atoms with E-state index in [1.165, 1.54) is 12.4 Å². The van der Waals surface area contributed by atoms with Crippen LogP contribution in [0, 0.1) is 0 Å². The molecule has 0 N–H and O–H groups in total. The minimum absolute atomic E-state index is 0.0726. The fourth-order valence-corrected chi connectivity index (χ4v) is 3.36. The van der Waals surface area contributed by atoms with Crippen LogP contribution in [0.4, 0.5) is 0 Å². The molecule has 0 aliphatic rings. The maximum Gasteiger partial charge on any atom is 0.0809 e. The maximum atomic E-state index is 6.16. The summed E-state index contributed by atoms with van der Waals surface area (Å²) in [6.07, 6.45) is 2.82. The predicted molar refractivity (Wildman–Crippen MR) is 84.7 cm³/mol. The van der Waals surface area contributed by atoms with Crippen molar-refractivity contribution < 1.29 is 0 Å². The summed E-state index contributed by atoms with van der Waals surface area (Å²) in [5, 5.41) is 1.01. The molecule has 1 nitrogen and oxygen atoms in total. The quantitative estimate of drug-likeness (QED) is 0.363. The van der Waals surface area contributed by atoms with Crippen molar-refractivity contribution in [2.24, 2.45) is 0 Å². The highest BCUT2D eigenvalue weighted by molar-refractivity contribution is 6.57. The Morgan fingerprint density at radius 1 is 0.526 bits per heavy atom. The molecule has 1 aromatic carbocycles. The molecule has 0 saturated carbocycles. The molecule has 1 aromatic heterocycles. The van der Waals surface area contributed by atoms with Gasteiger partial charge in [-0.15, -0.1) is 0 Å². The van der Waals surface area contributed by atoms with Gasteiger partial charge in [-0.25, -0.2) is 0 Å². The topological polar surface area (TPSA) is 12.9 Å². The monoisotopic (exact) mass is 393 g/mol. The molecular weight excluding hydrogens is 394 g/mol. The summed E-state index contributed by atoms with van der Waals surface area (Å²) in [6.45, 7) is 0. The summed E-state index contributed by atoms with van der Waals surface area (Å²) in [5.41, 5.74) is 0.717. The minimum Gasteiger partial charge on any atom is -0.262 e. The molecule has 0 fully saturated rings. The Labute approximate surface area is 144 Å². The number of rotatable bonds is 1. The third kappa shape index (κ3) is 2.75. The summed E-state index contributed by atoms with van der Waals surface area (Å²) >= 11 is 42.4. The van der Waals surface area contributed by atoms with Gasteiger partial charge in [-0.3, -0.25) is 4.98 Å². The van der Waals surface area contributed by atoms with Gasteiger partial charge in [0.05, 0.1) is 35.2 Å². The van der Waals surface area contributed by atoms with Gasteiger partial charge in [-0.1, -0.05) is 81.2 Å². The van der Waals surface area contributed by atoms with Gasteiger partial charge in [0.15, 0.2) is 0 Å². The van der Waals surface area contributed by atoms with Crippen molar-refractivity contribution in [1.29, 1.82) is 0 Å². The lowest BCUT2D eigenvalue weighted by atomic mass is 10.1. The van der Waals surface area contributed by atoms with Crippen LogP contribution in [0.25, 0.3) is 11.1 Å². The third-order valence-electron chi connectivity index (χ3n) is 2.31. The minimum atomic E-state index is 0.0726. The Bertz CT molecular complexity index is 619. The molecule has 100 valence electrons. The zero-order valence-corrected chi connectivity index (χ0v) is 14.0. The molecule has 0 bridgehead atoms.